The first kappa shape index (κ1) is 33.2. The molecule has 4 rings (SSSR count). The maximum absolute atomic E-state index is 12.9. The molecule has 2 amide bonds. The van der Waals surface area contributed by atoms with Crippen molar-refractivity contribution in [2.24, 2.45) is 5.92 Å². The first-order valence-electron chi connectivity index (χ1n) is 14.6. The molecule has 4 aromatic rings. The third kappa shape index (κ3) is 8.94. The van der Waals surface area contributed by atoms with Gasteiger partial charge in [-0.2, -0.15) is 4.98 Å². The summed E-state index contributed by atoms with van der Waals surface area (Å²) in [5, 5.41) is 26.1. The van der Waals surface area contributed by atoms with Crippen LogP contribution in [0.3, 0.4) is 0 Å². The van der Waals surface area contributed by atoms with Crippen LogP contribution >= 0.6 is 0 Å². The molecule has 0 aliphatic carbocycles. The fourth-order valence-corrected chi connectivity index (χ4v) is 4.59. The van der Waals surface area contributed by atoms with Gasteiger partial charge >= 0.3 is 11.9 Å². The number of carboxylic acid groups (broad SMARTS) is 2. The summed E-state index contributed by atoms with van der Waals surface area (Å²) in [6, 6.07) is 12.7. The van der Waals surface area contributed by atoms with Gasteiger partial charge in [-0.15, -0.1) is 0 Å². The average Bonchev–Trinajstić information content (AvgIpc) is 3.01. The largest absolute Gasteiger partial charge is 0.481 e. The SMILES string of the molecule is CC(C)Cc1ccc(C(C)C(=O)Nc2nc3ncc(CNc4ccc(C(=O)NC(CCC(=O)O)C(=O)O)cc4)nc3c(=O)[nH]2)cc1. The number of H-pyrrole nitrogens is 1. The number of carbonyl (C=O) groups is 4. The van der Waals surface area contributed by atoms with E-state index in [1.165, 1.54) is 23.9 Å². The van der Waals surface area contributed by atoms with Gasteiger partial charge < -0.3 is 20.8 Å². The number of carbonyl (C=O) groups excluding carboxylic acids is 2. The van der Waals surface area contributed by atoms with Crippen LogP contribution in [0.5, 0.6) is 0 Å². The third-order valence-corrected chi connectivity index (χ3v) is 7.10. The summed E-state index contributed by atoms with van der Waals surface area (Å²) in [4.78, 5) is 75.6. The van der Waals surface area contributed by atoms with Gasteiger partial charge in [0.1, 0.15) is 6.04 Å². The first-order chi connectivity index (χ1) is 21.9. The van der Waals surface area contributed by atoms with Gasteiger partial charge in [0.15, 0.2) is 11.2 Å². The van der Waals surface area contributed by atoms with Crippen molar-refractivity contribution in [3.63, 3.8) is 0 Å². The Morgan fingerprint density at radius 2 is 1.63 bits per heavy atom. The minimum absolute atomic E-state index is 0.00556. The number of nitrogens with one attached hydrogen (secondary N) is 4. The minimum atomic E-state index is -1.33. The van der Waals surface area contributed by atoms with Crippen molar-refractivity contribution in [2.45, 2.75) is 58.5 Å². The maximum atomic E-state index is 12.9. The molecule has 14 nitrogen and oxygen atoms in total. The molecule has 0 aliphatic rings. The zero-order valence-corrected chi connectivity index (χ0v) is 25.5. The number of rotatable bonds is 14. The van der Waals surface area contributed by atoms with Crippen molar-refractivity contribution < 1.29 is 29.4 Å². The normalized spacial score (nSPS) is 12.3. The lowest BCUT2D eigenvalue weighted by Gasteiger charge is -2.14. The van der Waals surface area contributed by atoms with Crippen LogP contribution in [-0.2, 0) is 27.3 Å². The first-order valence-corrected chi connectivity index (χ1v) is 14.6. The van der Waals surface area contributed by atoms with Gasteiger partial charge in [0.05, 0.1) is 24.4 Å². The number of benzene rings is 2. The predicted molar refractivity (Wildman–Crippen MR) is 170 cm³/mol. The Balaban J connectivity index is 1.36. The third-order valence-electron chi connectivity index (χ3n) is 7.10. The van der Waals surface area contributed by atoms with Gasteiger partial charge in [0.2, 0.25) is 11.9 Å². The maximum Gasteiger partial charge on any atom is 0.326 e. The van der Waals surface area contributed by atoms with Crippen LogP contribution in [0.15, 0.2) is 59.5 Å². The number of amides is 2. The smallest absolute Gasteiger partial charge is 0.326 e. The summed E-state index contributed by atoms with van der Waals surface area (Å²) in [6.07, 6.45) is 1.75. The highest BCUT2D eigenvalue weighted by Gasteiger charge is 2.22. The van der Waals surface area contributed by atoms with Gasteiger partial charge in [-0.3, -0.25) is 29.5 Å². The van der Waals surface area contributed by atoms with E-state index in [0.29, 0.717) is 17.3 Å². The minimum Gasteiger partial charge on any atom is -0.481 e. The lowest BCUT2D eigenvalue weighted by Crippen LogP contribution is -2.41. The van der Waals surface area contributed by atoms with Crippen molar-refractivity contribution in [2.75, 3.05) is 10.6 Å². The van der Waals surface area contributed by atoms with E-state index in [0.717, 1.165) is 12.0 Å². The molecule has 2 aromatic heterocycles. The highest BCUT2D eigenvalue weighted by atomic mass is 16.4. The average molecular weight is 630 g/mol. The van der Waals surface area contributed by atoms with E-state index in [9.17, 15) is 29.1 Å². The second-order valence-corrected chi connectivity index (χ2v) is 11.2. The fourth-order valence-electron chi connectivity index (χ4n) is 4.59. The van der Waals surface area contributed by atoms with Crippen molar-refractivity contribution in [3.8, 4) is 0 Å². The van der Waals surface area contributed by atoms with E-state index in [-0.39, 0.29) is 41.5 Å². The summed E-state index contributed by atoms with van der Waals surface area (Å²) in [6.45, 7) is 6.24. The van der Waals surface area contributed by atoms with E-state index in [4.69, 9.17) is 5.11 Å². The second-order valence-electron chi connectivity index (χ2n) is 11.2. The lowest BCUT2D eigenvalue weighted by molar-refractivity contribution is -0.140. The van der Waals surface area contributed by atoms with Crippen LogP contribution in [-0.4, -0.2) is 59.9 Å². The van der Waals surface area contributed by atoms with Crippen molar-refractivity contribution in [1.29, 1.82) is 0 Å². The highest BCUT2D eigenvalue weighted by Crippen LogP contribution is 2.19. The zero-order valence-electron chi connectivity index (χ0n) is 25.5. The van der Waals surface area contributed by atoms with Gasteiger partial charge in [-0.1, -0.05) is 38.1 Å². The molecule has 0 saturated carbocycles. The molecule has 2 aromatic carbocycles. The number of carboxylic acids is 2. The summed E-state index contributed by atoms with van der Waals surface area (Å²) < 4.78 is 0. The molecule has 2 atom stereocenters. The van der Waals surface area contributed by atoms with E-state index < -0.39 is 41.8 Å². The fraction of sp³-hybridized carbons (Fsp3) is 0.312. The molecular formula is C32H35N7O7. The number of aromatic nitrogens is 4. The van der Waals surface area contributed by atoms with Crippen molar-refractivity contribution >= 4 is 46.6 Å². The number of hydrogen-bond donors (Lipinski definition) is 6. The Hall–Kier alpha value is -5.66. The molecule has 14 heteroatoms. The van der Waals surface area contributed by atoms with Gasteiger partial charge in [-0.05, 0) is 61.1 Å². The Bertz CT molecular complexity index is 1790. The number of aliphatic carboxylic acids is 2. The number of nitrogens with zero attached hydrogens (tertiary/aromatic N) is 3. The van der Waals surface area contributed by atoms with Crippen LogP contribution in [0.2, 0.25) is 0 Å². The molecule has 0 saturated heterocycles. The summed E-state index contributed by atoms with van der Waals surface area (Å²) >= 11 is 0. The Kier molecular flexibility index (Phi) is 10.8. The van der Waals surface area contributed by atoms with Crippen LogP contribution in [0.4, 0.5) is 11.6 Å². The lowest BCUT2D eigenvalue weighted by atomic mass is 9.96. The molecule has 6 N–H and O–H groups in total. The highest BCUT2D eigenvalue weighted by molar-refractivity contribution is 5.97. The second kappa shape index (κ2) is 14.9. The Labute approximate surface area is 263 Å². The number of anilines is 2. The number of aromatic amines is 1. The molecule has 0 aliphatic heterocycles. The van der Waals surface area contributed by atoms with Gasteiger partial charge in [0.25, 0.3) is 11.5 Å². The standard InChI is InChI=1S/C32H35N7O7/c1-17(2)14-19-4-6-20(7-5-19)18(3)28(42)38-32-37-27-26(30(44)39-32)35-23(16-34-27)15-33-22-10-8-21(9-11-22)29(43)36-24(31(45)46)12-13-25(40)41/h4-11,16-18,24,33H,12-15H2,1-3H3,(H,36,43)(H,40,41)(H,45,46)(H2,34,37,38,39,42,44). The molecule has 240 valence electrons. The summed E-state index contributed by atoms with van der Waals surface area (Å²) in [5.41, 5.74) is 2.74. The number of hydrogen-bond acceptors (Lipinski definition) is 9. The van der Waals surface area contributed by atoms with Gasteiger partial charge in [-0.25, -0.2) is 14.8 Å². The summed E-state index contributed by atoms with van der Waals surface area (Å²) in [7, 11) is 0. The van der Waals surface area contributed by atoms with Crippen LogP contribution in [0, 0.1) is 5.92 Å². The van der Waals surface area contributed by atoms with Crippen molar-refractivity contribution in [3.05, 3.63) is 87.5 Å². The Morgan fingerprint density at radius 1 is 0.935 bits per heavy atom. The number of fused-ring (bicyclic) bond motifs is 1. The molecule has 46 heavy (non-hydrogen) atoms. The van der Waals surface area contributed by atoms with Crippen LogP contribution in [0.25, 0.3) is 11.2 Å². The molecule has 0 spiro atoms. The van der Waals surface area contributed by atoms with Crippen LogP contribution in [0.1, 0.15) is 66.7 Å². The van der Waals surface area contributed by atoms with E-state index in [2.05, 4.69) is 49.7 Å². The van der Waals surface area contributed by atoms with E-state index >= 15 is 0 Å². The molecule has 0 radical (unpaired) electrons. The topological polar surface area (TPSA) is 216 Å². The van der Waals surface area contributed by atoms with E-state index in [1.807, 2.05) is 24.3 Å². The predicted octanol–water partition coefficient (Wildman–Crippen LogP) is 3.31. The monoisotopic (exact) mass is 629 g/mol. The summed E-state index contributed by atoms with van der Waals surface area (Å²) in [5.74, 6) is -3.47. The van der Waals surface area contributed by atoms with Gasteiger partial charge in [0, 0.05) is 17.7 Å². The molecule has 2 heterocycles. The molecule has 0 bridgehead atoms. The van der Waals surface area contributed by atoms with Crippen LogP contribution < -0.4 is 21.5 Å². The quantitative estimate of drug-likeness (QED) is 0.119. The zero-order chi connectivity index (χ0) is 33.4. The molecular weight excluding hydrogens is 594 g/mol. The molecule has 0 fully saturated rings. The van der Waals surface area contributed by atoms with Crippen molar-refractivity contribution in [1.82, 2.24) is 25.3 Å². The Morgan fingerprint density at radius 3 is 2.26 bits per heavy atom. The molecule has 2 unspecified atom stereocenters. The van der Waals surface area contributed by atoms with E-state index in [1.54, 1.807) is 19.1 Å².